The summed E-state index contributed by atoms with van der Waals surface area (Å²) in [5.74, 6) is 0. The van der Waals surface area contributed by atoms with Gasteiger partial charge in [-0.2, -0.15) is 0 Å². The van der Waals surface area contributed by atoms with Crippen LogP contribution >= 0.6 is 31.9 Å². The van der Waals surface area contributed by atoms with Gasteiger partial charge in [-0.3, -0.25) is 0 Å². The second-order valence-corrected chi connectivity index (χ2v) is 3.29. The molecule has 1 atom stereocenters. The molecule has 1 aliphatic rings. The predicted octanol–water partition coefficient (Wildman–Crippen LogP) is 2.10. The molecule has 0 bridgehead atoms. The van der Waals surface area contributed by atoms with Crippen LogP contribution in [0.4, 0.5) is 0 Å². The van der Waals surface area contributed by atoms with Crippen LogP contribution in [-0.4, -0.2) is 4.95 Å². The Morgan fingerprint density at radius 3 is 2.75 bits per heavy atom. The zero-order chi connectivity index (χ0) is 5.98. The zero-order valence-electron chi connectivity index (χ0n) is 4.07. The molecule has 0 aliphatic carbocycles. The maximum Gasteiger partial charge on any atom is 0.101 e. The molecule has 0 aromatic heterocycles. The van der Waals surface area contributed by atoms with Crippen molar-refractivity contribution < 1.29 is 0 Å². The minimum atomic E-state index is 0.280. The molecule has 1 N–H and O–H groups in total. The summed E-state index contributed by atoms with van der Waals surface area (Å²) in [6.45, 7) is 0. The van der Waals surface area contributed by atoms with Crippen molar-refractivity contribution in [3.63, 3.8) is 0 Å². The van der Waals surface area contributed by atoms with Gasteiger partial charge in [0.15, 0.2) is 0 Å². The van der Waals surface area contributed by atoms with Gasteiger partial charge in [0.05, 0.1) is 4.61 Å². The average Bonchev–Trinajstić information content (AvgIpc) is 1.64. The van der Waals surface area contributed by atoms with E-state index in [9.17, 15) is 0 Å². The Bertz CT molecular complexity index is 139. The Kier molecular flexibility index (Phi) is 2.14. The number of hydrogen-bond donors (Lipinski definition) is 1. The fourth-order valence-electron chi connectivity index (χ4n) is 0.466. The van der Waals surface area contributed by atoms with E-state index in [1.165, 1.54) is 0 Å². The normalized spacial score (nSPS) is 26.8. The standard InChI is InChI=1S/C5H5Br2N/c6-4-2-1-3-5(7)8-4/h1-4,8H. The van der Waals surface area contributed by atoms with Gasteiger partial charge in [0.25, 0.3) is 0 Å². The minimum absolute atomic E-state index is 0.280. The molecule has 8 heavy (non-hydrogen) atoms. The molecule has 0 aromatic carbocycles. The van der Waals surface area contributed by atoms with Crippen molar-refractivity contribution in [3.05, 3.63) is 22.8 Å². The van der Waals surface area contributed by atoms with Crippen molar-refractivity contribution in [2.75, 3.05) is 0 Å². The molecule has 0 spiro atoms. The molecule has 1 aliphatic heterocycles. The highest BCUT2D eigenvalue weighted by Gasteiger charge is 2.00. The molecule has 0 saturated heterocycles. The zero-order valence-corrected chi connectivity index (χ0v) is 7.24. The smallest absolute Gasteiger partial charge is 0.101 e. The first-order valence-corrected chi connectivity index (χ1v) is 3.94. The second-order valence-electron chi connectivity index (χ2n) is 1.45. The molecule has 0 amide bonds. The van der Waals surface area contributed by atoms with Crippen molar-refractivity contribution in [3.8, 4) is 0 Å². The fourth-order valence-corrected chi connectivity index (χ4v) is 1.59. The Hall–Kier alpha value is 0.240. The molecule has 0 radical (unpaired) electrons. The predicted molar refractivity (Wildman–Crippen MR) is 42.0 cm³/mol. The van der Waals surface area contributed by atoms with Crippen LogP contribution in [0.2, 0.25) is 0 Å². The number of dihydropyridines is 1. The van der Waals surface area contributed by atoms with E-state index >= 15 is 0 Å². The molecule has 3 heteroatoms. The van der Waals surface area contributed by atoms with E-state index in [0.29, 0.717) is 0 Å². The van der Waals surface area contributed by atoms with E-state index in [1.807, 2.05) is 18.2 Å². The quantitative estimate of drug-likeness (QED) is 0.504. The Balaban J connectivity index is 2.59. The van der Waals surface area contributed by atoms with Gasteiger partial charge < -0.3 is 5.32 Å². The highest BCUT2D eigenvalue weighted by molar-refractivity contribution is 9.12. The van der Waals surface area contributed by atoms with Gasteiger partial charge in [0.1, 0.15) is 4.95 Å². The lowest BCUT2D eigenvalue weighted by molar-refractivity contribution is 0.915. The number of halogens is 2. The summed E-state index contributed by atoms with van der Waals surface area (Å²) in [7, 11) is 0. The lowest BCUT2D eigenvalue weighted by atomic mass is 10.4. The van der Waals surface area contributed by atoms with Crippen LogP contribution in [0, 0.1) is 0 Å². The third-order valence-electron chi connectivity index (χ3n) is 0.798. The summed E-state index contributed by atoms with van der Waals surface area (Å²) in [6.07, 6.45) is 5.96. The van der Waals surface area contributed by atoms with Crippen molar-refractivity contribution in [1.82, 2.24) is 5.32 Å². The van der Waals surface area contributed by atoms with Crippen LogP contribution in [0.3, 0.4) is 0 Å². The van der Waals surface area contributed by atoms with E-state index in [2.05, 4.69) is 37.2 Å². The van der Waals surface area contributed by atoms with E-state index < -0.39 is 0 Å². The molecule has 1 unspecified atom stereocenters. The summed E-state index contributed by atoms with van der Waals surface area (Å²) in [5, 5.41) is 3.09. The SMILES string of the molecule is BrC1=CC=CC(Br)N1. The fraction of sp³-hybridized carbons (Fsp3) is 0.200. The van der Waals surface area contributed by atoms with Gasteiger partial charge in [0, 0.05) is 0 Å². The molecular weight excluding hydrogens is 234 g/mol. The Morgan fingerprint density at radius 1 is 1.62 bits per heavy atom. The van der Waals surface area contributed by atoms with Crippen molar-refractivity contribution in [2.24, 2.45) is 0 Å². The molecular formula is C5H5Br2N. The molecule has 0 saturated carbocycles. The largest absolute Gasteiger partial charge is 0.364 e. The van der Waals surface area contributed by atoms with Crippen molar-refractivity contribution >= 4 is 31.9 Å². The van der Waals surface area contributed by atoms with Gasteiger partial charge in [-0.05, 0) is 22.0 Å². The van der Waals surface area contributed by atoms with Gasteiger partial charge in [-0.1, -0.05) is 28.1 Å². The second kappa shape index (κ2) is 2.69. The third-order valence-corrected chi connectivity index (χ3v) is 1.83. The first kappa shape index (κ1) is 6.36. The molecule has 1 rings (SSSR count). The molecule has 1 heterocycles. The minimum Gasteiger partial charge on any atom is -0.364 e. The summed E-state index contributed by atoms with van der Waals surface area (Å²) in [6, 6.07) is 0. The number of nitrogens with one attached hydrogen (secondary N) is 1. The summed E-state index contributed by atoms with van der Waals surface area (Å²) in [5.41, 5.74) is 0. The number of hydrogen-bond acceptors (Lipinski definition) is 1. The lowest BCUT2D eigenvalue weighted by Gasteiger charge is -2.10. The van der Waals surface area contributed by atoms with E-state index in [4.69, 9.17) is 0 Å². The van der Waals surface area contributed by atoms with Gasteiger partial charge in [-0.15, -0.1) is 0 Å². The molecule has 44 valence electrons. The third kappa shape index (κ3) is 1.63. The van der Waals surface area contributed by atoms with E-state index in [1.54, 1.807) is 0 Å². The monoisotopic (exact) mass is 237 g/mol. The first-order valence-electron chi connectivity index (χ1n) is 2.23. The van der Waals surface area contributed by atoms with Crippen molar-refractivity contribution in [1.29, 1.82) is 0 Å². The Labute approximate surface area is 65.1 Å². The Morgan fingerprint density at radius 2 is 2.38 bits per heavy atom. The van der Waals surface area contributed by atoms with Crippen LogP contribution in [0.5, 0.6) is 0 Å². The van der Waals surface area contributed by atoms with Gasteiger partial charge in [-0.25, -0.2) is 0 Å². The average molecular weight is 239 g/mol. The van der Waals surface area contributed by atoms with Crippen LogP contribution < -0.4 is 5.32 Å². The highest BCUT2D eigenvalue weighted by Crippen LogP contribution is 2.10. The maximum atomic E-state index is 3.36. The van der Waals surface area contributed by atoms with Crippen LogP contribution in [0.1, 0.15) is 0 Å². The van der Waals surface area contributed by atoms with E-state index in [-0.39, 0.29) is 4.95 Å². The molecule has 1 nitrogen and oxygen atoms in total. The number of rotatable bonds is 0. The van der Waals surface area contributed by atoms with Crippen LogP contribution in [-0.2, 0) is 0 Å². The van der Waals surface area contributed by atoms with Crippen LogP contribution in [0.15, 0.2) is 22.8 Å². The first-order chi connectivity index (χ1) is 3.79. The molecule has 0 fully saturated rings. The number of allylic oxidation sites excluding steroid dienone is 2. The summed E-state index contributed by atoms with van der Waals surface area (Å²) < 4.78 is 1.02. The van der Waals surface area contributed by atoms with Crippen molar-refractivity contribution in [2.45, 2.75) is 4.95 Å². The molecule has 0 aromatic rings. The topological polar surface area (TPSA) is 12.0 Å². The van der Waals surface area contributed by atoms with Crippen LogP contribution in [0.25, 0.3) is 0 Å². The summed E-state index contributed by atoms with van der Waals surface area (Å²) >= 11 is 6.66. The van der Waals surface area contributed by atoms with E-state index in [0.717, 1.165) is 4.61 Å². The highest BCUT2D eigenvalue weighted by atomic mass is 79.9. The maximum absolute atomic E-state index is 3.36. The summed E-state index contributed by atoms with van der Waals surface area (Å²) in [4.78, 5) is 0.280. The lowest BCUT2D eigenvalue weighted by Crippen LogP contribution is -2.19. The van der Waals surface area contributed by atoms with Gasteiger partial charge >= 0.3 is 0 Å². The van der Waals surface area contributed by atoms with Gasteiger partial charge in [0.2, 0.25) is 0 Å². The number of alkyl halides is 1.